The molecule has 1 aliphatic heterocycles. The van der Waals surface area contributed by atoms with Crippen molar-refractivity contribution in [2.75, 3.05) is 18.0 Å². The van der Waals surface area contributed by atoms with E-state index in [9.17, 15) is 0 Å². The molecule has 3 heterocycles. The summed E-state index contributed by atoms with van der Waals surface area (Å²) in [7, 11) is 0. The second-order valence-electron chi connectivity index (χ2n) is 6.89. The molecular weight excluding hydrogens is 298 g/mol. The average molecular weight is 321 g/mol. The summed E-state index contributed by atoms with van der Waals surface area (Å²) in [6.45, 7) is 7.29. The van der Waals surface area contributed by atoms with Gasteiger partial charge in [0.2, 0.25) is 0 Å². The van der Waals surface area contributed by atoms with Crippen molar-refractivity contribution in [2.24, 2.45) is 5.92 Å². The molecule has 0 saturated carbocycles. The van der Waals surface area contributed by atoms with E-state index in [1.54, 1.807) is 6.33 Å². The van der Waals surface area contributed by atoms with E-state index in [-0.39, 0.29) is 0 Å². The molecule has 0 bridgehead atoms. The van der Waals surface area contributed by atoms with Crippen LogP contribution in [0.15, 0.2) is 36.8 Å². The highest BCUT2D eigenvalue weighted by Crippen LogP contribution is 2.27. The Labute approximate surface area is 142 Å². The van der Waals surface area contributed by atoms with E-state index in [4.69, 9.17) is 0 Å². The van der Waals surface area contributed by atoms with Crippen LogP contribution in [0.3, 0.4) is 0 Å². The monoisotopic (exact) mass is 321 g/mol. The number of rotatable bonds is 3. The molecule has 0 unspecified atom stereocenters. The molecule has 3 aromatic rings. The minimum Gasteiger partial charge on any atom is -0.356 e. The zero-order valence-electron chi connectivity index (χ0n) is 14.3. The maximum atomic E-state index is 4.57. The van der Waals surface area contributed by atoms with Gasteiger partial charge in [-0.3, -0.25) is 0 Å². The first-order valence-electron chi connectivity index (χ1n) is 8.68. The Kier molecular flexibility index (Phi) is 3.92. The van der Waals surface area contributed by atoms with Crippen molar-refractivity contribution in [3.63, 3.8) is 0 Å². The van der Waals surface area contributed by atoms with Gasteiger partial charge in [0.05, 0.1) is 18.1 Å². The van der Waals surface area contributed by atoms with Gasteiger partial charge in [-0.15, -0.1) is 0 Å². The predicted octanol–water partition coefficient (Wildman–Crippen LogP) is 3.42. The van der Waals surface area contributed by atoms with E-state index in [1.165, 1.54) is 24.0 Å². The molecule has 0 N–H and O–H groups in total. The smallest absolute Gasteiger partial charge is 0.163 e. The number of aryl methyl sites for hydroxylation is 1. The van der Waals surface area contributed by atoms with Crippen molar-refractivity contribution < 1.29 is 0 Å². The summed E-state index contributed by atoms with van der Waals surface area (Å²) in [5.41, 5.74) is 3.42. The summed E-state index contributed by atoms with van der Waals surface area (Å²) >= 11 is 0. The molecule has 4 rings (SSSR count). The number of aromatic nitrogens is 4. The lowest BCUT2D eigenvalue weighted by molar-refractivity contribution is 0.437. The molecule has 24 heavy (non-hydrogen) atoms. The summed E-state index contributed by atoms with van der Waals surface area (Å²) in [6.07, 6.45) is 6.03. The number of nitrogens with zero attached hydrogens (tertiary/aromatic N) is 5. The molecule has 1 aliphatic rings. The van der Waals surface area contributed by atoms with Crippen molar-refractivity contribution in [2.45, 2.75) is 33.2 Å². The van der Waals surface area contributed by atoms with Crippen LogP contribution in [0.5, 0.6) is 0 Å². The van der Waals surface area contributed by atoms with Crippen molar-refractivity contribution >= 4 is 16.9 Å². The van der Waals surface area contributed by atoms with Gasteiger partial charge >= 0.3 is 0 Å². The van der Waals surface area contributed by atoms with E-state index in [0.717, 1.165) is 42.4 Å². The normalized spacial score (nSPS) is 16.0. The number of benzene rings is 1. The van der Waals surface area contributed by atoms with Crippen LogP contribution in [0.4, 0.5) is 5.82 Å². The standard InChI is InChI=1S/C19H23N5/c1-14-3-5-16(6-4-14)12-24-19-17(11-22-24)18(20-13-21-19)23-9-7-15(2)8-10-23/h3-6,11,13,15H,7-10,12H2,1-2H3. The first-order chi connectivity index (χ1) is 11.7. The fourth-order valence-electron chi connectivity index (χ4n) is 3.34. The van der Waals surface area contributed by atoms with Gasteiger partial charge in [0.15, 0.2) is 5.65 Å². The fraction of sp³-hybridized carbons (Fsp3) is 0.421. The molecule has 124 valence electrons. The molecule has 0 atom stereocenters. The second-order valence-corrected chi connectivity index (χ2v) is 6.89. The highest BCUT2D eigenvalue weighted by Gasteiger charge is 2.20. The lowest BCUT2D eigenvalue weighted by Crippen LogP contribution is -2.33. The number of anilines is 1. The lowest BCUT2D eigenvalue weighted by atomic mass is 9.99. The number of piperidine rings is 1. The van der Waals surface area contributed by atoms with Crippen LogP contribution in [-0.4, -0.2) is 32.8 Å². The largest absolute Gasteiger partial charge is 0.356 e. The Balaban J connectivity index is 1.65. The summed E-state index contributed by atoms with van der Waals surface area (Å²) in [4.78, 5) is 11.4. The molecule has 5 nitrogen and oxygen atoms in total. The van der Waals surface area contributed by atoms with E-state index in [2.05, 4.69) is 58.1 Å². The second kappa shape index (κ2) is 6.23. The van der Waals surface area contributed by atoms with E-state index < -0.39 is 0 Å². The maximum absolute atomic E-state index is 4.57. The first kappa shape index (κ1) is 15.1. The van der Waals surface area contributed by atoms with E-state index in [1.807, 2.05) is 10.9 Å². The molecular formula is C19H23N5. The summed E-state index contributed by atoms with van der Waals surface area (Å²) in [6, 6.07) is 8.57. The maximum Gasteiger partial charge on any atom is 0.163 e. The molecule has 0 spiro atoms. The third kappa shape index (κ3) is 2.86. The average Bonchev–Trinajstić information content (AvgIpc) is 3.01. The van der Waals surface area contributed by atoms with Gasteiger partial charge in [-0.2, -0.15) is 5.10 Å². The van der Waals surface area contributed by atoms with Crippen LogP contribution in [0.1, 0.15) is 30.9 Å². The zero-order chi connectivity index (χ0) is 16.5. The molecule has 0 aliphatic carbocycles. The first-order valence-corrected chi connectivity index (χ1v) is 8.68. The molecule has 0 amide bonds. The Morgan fingerprint density at radius 3 is 2.58 bits per heavy atom. The van der Waals surface area contributed by atoms with Gasteiger partial charge in [0.25, 0.3) is 0 Å². The van der Waals surface area contributed by atoms with Crippen LogP contribution in [-0.2, 0) is 6.54 Å². The van der Waals surface area contributed by atoms with E-state index >= 15 is 0 Å². The molecule has 2 aromatic heterocycles. The van der Waals surface area contributed by atoms with Gasteiger partial charge in [-0.25, -0.2) is 14.6 Å². The van der Waals surface area contributed by atoms with Crippen molar-refractivity contribution in [1.82, 2.24) is 19.7 Å². The Morgan fingerprint density at radius 1 is 1.08 bits per heavy atom. The molecule has 1 saturated heterocycles. The van der Waals surface area contributed by atoms with Crippen LogP contribution >= 0.6 is 0 Å². The van der Waals surface area contributed by atoms with Gasteiger partial charge in [-0.1, -0.05) is 36.8 Å². The van der Waals surface area contributed by atoms with Crippen LogP contribution in [0, 0.1) is 12.8 Å². The number of fused-ring (bicyclic) bond motifs is 1. The highest BCUT2D eigenvalue weighted by atomic mass is 15.3. The molecule has 5 heteroatoms. The summed E-state index contributed by atoms with van der Waals surface area (Å²) in [5, 5.41) is 5.63. The fourth-order valence-corrected chi connectivity index (χ4v) is 3.34. The SMILES string of the molecule is Cc1ccc(Cn2ncc3c(N4CCC(C)CC4)ncnc32)cc1. The van der Waals surface area contributed by atoms with Gasteiger partial charge in [0.1, 0.15) is 12.1 Å². The Morgan fingerprint density at radius 2 is 1.83 bits per heavy atom. The van der Waals surface area contributed by atoms with E-state index in [0.29, 0.717) is 0 Å². The Hall–Kier alpha value is -2.43. The van der Waals surface area contributed by atoms with Crippen LogP contribution < -0.4 is 4.90 Å². The highest BCUT2D eigenvalue weighted by molar-refractivity contribution is 5.86. The number of hydrogen-bond donors (Lipinski definition) is 0. The molecule has 1 fully saturated rings. The third-order valence-electron chi connectivity index (χ3n) is 4.95. The summed E-state index contributed by atoms with van der Waals surface area (Å²) in [5.74, 6) is 1.84. The Bertz CT molecular complexity index is 829. The lowest BCUT2D eigenvalue weighted by Gasteiger charge is -2.31. The van der Waals surface area contributed by atoms with Gasteiger partial charge in [-0.05, 0) is 31.2 Å². The van der Waals surface area contributed by atoms with Crippen molar-refractivity contribution in [3.8, 4) is 0 Å². The number of hydrogen-bond acceptors (Lipinski definition) is 4. The molecule has 0 radical (unpaired) electrons. The third-order valence-corrected chi connectivity index (χ3v) is 4.95. The topological polar surface area (TPSA) is 46.8 Å². The minimum absolute atomic E-state index is 0.733. The van der Waals surface area contributed by atoms with Gasteiger partial charge < -0.3 is 4.90 Å². The van der Waals surface area contributed by atoms with Gasteiger partial charge in [0, 0.05) is 13.1 Å². The minimum atomic E-state index is 0.733. The van der Waals surface area contributed by atoms with Crippen LogP contribution in [0.2, 0.25) is 0 Å². The van der Waals surface area contributed by atoms with Crippen molar-refractivity contribution in [1.29, 1.82) is 0 Å². The predicted molar refractivity (Wildman–Crippen MR) is 96.2 cm³/mol. The van der Waals surface area contributed by atoms with Crippen molar-refractivity contribution in [3.05, 3.63) is 47.9 Å². The summed E-state index contributed by atoms with van der Waals surface area (Å²) < 4.78 is 1.97. The zero-order valence-corrected chi connectivity index (χ0v) is 14.3. The molecule has 1 aromatic carbocycles. The quantitative estimate of drug-likeness (QED) is 0.741. The van der Waals surface area contributed by atoms with Crippen LogP contribution in [0.25, 0.3) is 11.0 Å².